The second kappa shape index (κ2) is 8.53. The van der Waals surface area contributed by atoms with Crippen molar-refractivity contribution < 1.29 is 9.59 Å². The van der Waals surface area contributed by atoms with E-state index in [1.807, 2.05) is 60.7 Å². The van der Waals surface area contributed by atoms with Crippen LogP contribution >= 0.6 is 11.6 Å². The van der Waals surface area contributed by atoms with E-state index in [2.05, 4.69) is 10.2 Å². The molecule has 0 bridgehead atoms. The van der Waals surface area contributed by atoms with Crippen molar-refractivity contribution in [2.75, 3.05) is 37.6 Å². The molecule has 6 heteroatoms. The van der Waals surface area contributed by atoms with Gasteiger partial charge in [0.2, 0.25) is 5.91 Å². The lowest BCUT2D eigenvalue weighted by atomic mass is 10.1. The van der Waals surface area contributed by atoms with E-state index in [-0.39, 0.29) is 18.4 Å². The average molecular weight is 408 g/mol. The highest BCUT2D eigenvalue weighted by Crippen LogP contribution is 2.21. The molecule has 1 aliphatic rings. The Morgan fingerprint density at radius 1 is 0.862 bits per heavy atom. The molecule has 1 aliphatic heterocycles. The SMILES string of the molecule is O=C(NCC(=O)N1CCN(c2cccc(Cl)c2)CC1)c1ccc2ccccc2c1. The molecule has 1 saturated heterocycles. The number of carbonyl (C=O) groups is 2. The van der Waals surface area contributed by atoms with Gasteiger partial charge in [-0.1, -0.05) is 48.0 Å². The fraction of sp³-hybridized carbons (Fsp3) is 0.217. The van der Waals surface area contributed by atoms with E-state index in [0.29, 0.717) is 23.7 Å². The van der Waals surface area contributed by atoms with Crippen molar-refractivity contribution in [2.45, 2.75) is 0 Å². The summed E-state index contributed by atoms with van der Waals surface area (Å²) in [6.45, 7) is 2.73. The smallest absolute Gasteiger partial charge is 0.251 e. The Kier molecular flexibility index (Phi) is 5.67. The highest BCUT2D eigenvalue weighted by Gasteiger charge is 2.21. The van der Waals surface area contributed by atoms with Gasteiger partial charge in [-0.3, -0.25) is 9.59 Å². The summed E-state index contributed by atoms with van der Waals surface area (Å²) in [6, 6.07) is 21.2. The zero-order valence-electron chi connectivity index (χ0n) is 16.0. The molecule has 0 saturated carbocycles. The van der Waals surface area contributed by atoms with Crippen molar-refractivity contribution in [1.29, 1.82) is 0 Å². The first-order chi connectivity index (χ1) is 14.1. The molecule has 5 nitrogen and oxygen atoms in total. The van der Waals surface area contributed by atoms with Crippen molar-refractivity contribution in [2.24, 2.45) is 0 Å². The lowest BCUT2D eigenvalue weighted by Gasteiger charge is -2.36. The minimum Gasteiger partial charge on any atom is -0.368 e. The maximum atomic E-state index is 12.5. The summed E-state index contributed by atoms with van der Waals surface area (Å²) in [5.74, 6) is -0.299. The Labute approximate surface area is 174 Å². The van der Waals surface area contributed by atoms with Gasteiger partial charge in [-0.25, -0.2) is 0 Å². The first-order valence-electron chi connectivity index (χ1n) is 9.65. The highest BCUT2D eigenvalue weighted by atomic mass is 35.5. The number of nitrogens with one attached hydrogen (secondary N) is 1. The number of hydrogen-bond acceptors (Lipinski definition) is 3. The van der Waals surface area contributed by atoms with Crippen LogP contribution in [-0.2, 0) is 4.79 Å². The Bertz CT molecular complexity index is 1040. The summed E-state index contributed by atoms with van der Waals surface area (Å²) in [7, 11) is 0. The van der Waals surface area contributed by atoms with Crippen LogP contribution in [0.2, 0.25) is 5.02 Å². The van der Waals surface area contributed by atoms with Crippen LogP contribution in [0.3, 0.4) is 0 Å². The zero-order chi connectivity index (χ0) is 20.2. The van der Waals surface area contributed by atoms with Gasteiger partial charge in [0.05, 0.1) is 6.54 Å². The molecule has 0 unspecified atom stereocenters. The van der Waals surface area contributed by atoms with Crippen molar-refractivity contribution in [3.8, 4) is 0 Å². The Morgan fingerprint density at radius 2 is 1.62 bits per heavy atom. The first-order valence-corrected chi connectivity index (χ1v) is 10.0. The first kappa shape index (κ1) is 19.3. The third-order valence-corrected chi connectivity index (χ3v) is 5.45. The second-order valence-electron chi connectivity index (χ2n) is 7.09. The van der Waals surface area contributed by atoms with Gasteiger partial charge in [0.15, 0.2) is 0 Å². The lowest BCUT2D eigenvalue weighted by molar-refractivity contribution is -0.130. The van der Waals surface area contributed by atoms with Gasteiger partial charge >= 0.3 is 0 Å². The molecule has 0 radical (unpaired) electrons. The van der Waals surface area contributed by atoms with E-state index in [4.69, 9.17) is 11.6 Å². The number of anilines is 1. The van der Waals surface area contributed by atoms with Gasteiger partial charge in [0.1, 0.15) is 0 Å². The van der Waals surface area contributed by atoms with E-state index < -0.39 is 0 Å². The molecule has 2 amide bonds. The van der Waals surface area contributed by atoms with Crippen molar-refractivity contribution in [1.82, 2.24) is 10.2 Å². The fourth-order valence-corrected chi connectivity index (χ4v) is 3.77. The standard InChI is InChI=1S/C23H22ClN3O2/c24-20-6-3-7-21(15-20)26-10-12-27(13-11-26)22(28)16-25-23(29)19-9-8-17-4-1-2-5-18(17)14-19/h1-9,14-15H,10-13,16H2,(H,25,29). The van der Waals surface area contributed by atoms with Crippen LogP contribution in [0.25, 0.3) is 10.8 Å². The minimum absolute atomic E-state index is 0.00280. The van der Waals surface area contributed by atoms with Crippen LogP contribution < -0.4 is 10.2 Å². The van der Waals surface area contributed by atoms with Crippen molar-refractivity contribution in [3.05, 3.63) is 77.3 Å². The number of rotatable bonds is 4. The molecule has 1 fully saturated rings. The van der Waals surface area contributed by atoms with Crippen LogP contribution in [-0.4, -0.2) is 49.4 Å². The van der Waals surface area contributed by atoms with Crippen molar-refractivity contribution >= 4 is 39.9 Å². The van der Waals surface area contributed by atoms with Gasteiger partial charge in [0, 0.05) is 42.5 Å². The molecule has 0 aliphatic carbocycles. The van der Waals surface area contributed by atoms with E-state index in [0.717, 1.165) is 29.5 Å². The second-order valence-corrected chi connectivity index (χ2v) is 7.53. The number of amides is 2. The zero-order valence-corrected chi connectivity index (χ0v) is 16.7. The number of halogens is 1. The molecule has 0 spiro atoms. The van der Waals surface area contributed by atoms with Gasteiger partial charge < -0.3 is 15.1 Å². The number of benzene rings is 3. The number of piperazine rings is 1. The van der Waals surface area contributed by atoms with Gasteiger partial charge in [-0.05, 0) is 41.1 Å². The van der Waals surface area contributed by atoms with E-state index in [1.165, 1.54) is 0 Å². The lowest BCUT2D eigenvalue weighted by Crippen LogP contribution is -2.51. The Hall–Kier alpha value is -3.05. The van der Waals surface area contributed by atoms with Crippen LogP contribution in [0, 0.1) is 0 Å². The normalized spacial score (nSPS) is 14.1. The predicted molar refractivity (Wildman–Crippen MR) is 117 cm³/mol. The molecular formula is C23H22ClN3O2. The molecule has 3 aromatic rings. The van der Waals surface area contributed by atoms with Gasteiger partial charge in [-0.15, -0.1) is 0 Å². The number of hydrogen-bond donors (Lipinski definition) is 1. The number of fused-ring (bicyclic) bond motifs is 1. The quantitative estimate of drug-likeness (QED) is 0.719. The minimum atomic E-state index is -0.235. The monoisotopic (exact) mass is 407 g/mol. The summed E-state index contributed by atoms with van der Waals surface area (Å²) in [5.41, 5.74) is 1.62. The fourth-order valence-electron chi connectivity index (χ4n) is 3.59. The molecule has 0 aromatic heterocycles. The van der Waals surface area contributed by atoms with Crippen molar-refractivity contribution in [3.63, 3.8) is 0 Å². The molecular weight excluding hydrogens is 386 g/mol. The summed E-state index contributed by atoms with van der Waals surface area (Å²) < 4.78 is 0. The summed E-state index contributed by atoms with van der Waals surface area (Å²) in [6.07, 6.45) is 0. The van der Waals surface area contributed by atoms with Gasteiger partial charge in [-0.2, -0.15) is 0 Å². The average Bonchev–Trinajstić information content (AvgIpc) is 2.77. The summed E-state index contributed by atoms with van der Waals surface area (Å²) in [4.78, 5) is 29.0. The van der Waals surface area contributed by atoms with Crippen LogP contribution in [0.15, 0.2) is 66.7 Å². The summed E-state index contributed by atoms with van der Waals surface area (Å²) >= 11 is 6.07. The maximum absolute atomic E-state index is 12.5. The Balaban J connectivity index is 1.30. The summed E-state index contributed by atoms with van der Waals surface area (Å²) in [5, 5.41) is 5.54. The maximum Gasteiger partial charge on any atom is 0.251 e. The molecule has 0 atom stereocenters. The van der Waals surface area contributed by atoms with Crippen LogP contribution in [0.4, 0.5) is 5.69 Å². The molecule has 1 N–H and O–H groups in total. The van der Waals surface area contributed by atoms with Crippen LogP contribution in [0.5, 0.6) is 0 Å². The molecule has 3 aromatic carbocycles. The predicted octanol–water partition coefficient (Wildman–Crippen LogP) is 3.57. The van der Waals surface area contributed by atoms with E-state index in [9.17, 15) is 9.59 Å². The third kappa shape index (κ3) is 4.51. The number of carbonyl (C=O) groups excluding carboxylic acids is 2. The molecule has 29 heavy (non-hydrogen) atoms. The van der Waals surface area contributed by atoms with Gasteiger partial charge in [0.25, 0.3) is 5.91 Å². The van der Waals surface area contributed by atoms with Crippen LogP contribution in [0.1, 0.15) is 10.4 Å². The molecule has 148 valence electrons. The third-order valence-electron chi connectivity index (χ3n) is 5.22. The molecule has 4 rings (SSSR count). The van der Waals surface area contributed by atoms with E-state index >= 15 is 0 Å². The Morgan fingerprint density at radius 3 is 2.38 bits per heavy atom. The highest BCUT2D eigenvalue weighted by molar-refractivity contribution is 6.30. The topological polar surface area (TPSA) is 52.7 Å². The number of nitrogens with zero attached hydrogens (tertiary/aromatic N) is 2. The largest absolute Gasteiger partial charge is 0.368 e. The van der Waals surface area contributed by atoms with E-state index in [1.54, 1.807) is 11.0 Å². The molecule has 1 heterocycles.